The molecular formula is C10H12BrNO2S. The normalized spacial score (nSPS) is 16.4. The maximum absolute atomic E-state index is 11.6. The zero-order valence-electron chi connectivity index (χ0n) is 8.33. The Bertz CT molecular complexity index is 480. The zero-order valence-corrected chi connectivity index (χ0v) is 10.7. The summed E-state index contributed by atoms with van der Waals surface area (Å²) < 4.78 is 26.8. The first-order chi connectivity index (χ1) is 6.99. The standard InChI is InChI=1S/C10H12BrNO2S/c1-7-2-3-8(6-10(7)11)12-15(13,14)9-4-5-9/h2-3,6,9,12H,4-5H2,1H3. The van der Waals surface area contributed by atoms with Crippen LogP contribution in [0.15, 0.2) is 22.7 Å². The van der Waals surface area contributed by atoms with Gasteiger partial charge in [-0.25, -0.2) is 8.42 Å². The van der Waals surface area contributed by atoms with Gasteiger partial charge in [-0.3, -0.25) is 4.72 Å². The predicted octanol–water partition coefficient (Wildman–Crippen LogP) is 2.66. The van der Waals surface area contributed by atoms with E-state index in [-0.39, 0.29) is 5.25 Å². The molecule has 0 saturated heterocycles. The van der Waals surface area contributed by atoms with Crippen LogP contribution in [-0.4, -0.2) is 13.7 Å². The molecule has 0 unspecified atom stereocenters. The van der Waals surface area contributed by atoms with Gasteiger partial charge < -0.3 is 0 Å². The van der Waals surface area contributed by atoms with E-state index in [0.717, 1.165) is 22.9 Å². The second kappa shape index (κ2) is 3.79. The van der Waals surface area contributed by atoms with Crippen LogP contribution < -0.4 is 4.72 Å². The summed E-state index contributed by atoms with van der Waals surface area (Å²) in [5.74, 6) is 0. The summed E-state index contributed by atoms with van der Waals surface area (Å²) >= 11 is 3.37. The fourth-order valence-electron chi connectivity index (χ4n) is 1.28. The minimum atomic E-state index is -3.14. The van der Waals surface area contributed by atoms with Crippen LogP contribution in [0.25, 0.3) is 0 Å². The van der Waals surface area contributed by atoms with Crippen molar-refractivity contribution in [2.45, 2.75) is 25.0 Å². The highest BCUT2D eigenvalue weighted by atomic mass is 79.9. The Morgan fingerprint density at radius 1 is 1.40 bits per heavy atom. The van der Waals surface area contributed by atoms with Crippen LogP contribution in [0.2, 0.25) is 0 Å². The van der Waals surface area contributed by atoms with Gasteiger partial charge in [0, 0.05) is 10.2 Å². The predicted molar refractivity (Wildman–Crippen MR) is 64.4 cm³/mol. The van der Waals surface area contributed by atoms with Crippen molar-refractivity contribution >= 4 is 31.6 Å². The summed E-state index contributed by atoms with van der Waals surface area (Å²) in [6.07, 6.45) is 1.56. The molecule has 0 radical (unpaired) electrons. The average molecular weight is 290 g/mol. The first-order valence-corrected chi connectivity index (χ1v) is 7.11. The molecule has 15 heavy (non-hydrogen) atoms. The molecule has 1 fully saturated rings. The van der Waals surface area contributed by atoms with Crippen molar-refractivity contribution in [1.29, 1.82) is 0 Å². The van der Waals surface area contributed by atoms with E-state index >= 15 is 0 Å². The molecule has 1 aromatic rings. The number of sulfonamides is 1. The quantitative estimate of drug-likeness (QED) is 0.930. The van der Waals surface area contributed by atoms with E-state index in [2.05, 4.69) is 20.7 Å². The van der Waals surface area contributed by atoms with Crippen LogP contribution in [0.5, 0.6) is 0 Å². The van der Waals surface area contributed by atoms with Crippen molar-refractivity contribution in [2.24, 2.45) is 0 Å². The minimum absolute atomic E-state index is 0.183. The van der Waals surface area contributed by atoms with E-state index in [0.29, 0.717) is 5.69 Å². The Labute approximate surface area is 98.1 Å². The third-order valence-corrected chi connectivity index (χ3v) is 5.12. The SMILES string of the molecule is Cc1ccc(NS(=O)(=O)C2CC2)cc1Br. The lowest BCUT2D eigenvalue weighted by Crippen LogP contribution is -2.17. The molecule has 2 rings (SSSR count). The molecule has 82 valence electrons. The fraction of sp³-hybridized carbons (Fsp3) is 0.400. The number of anilines is 1. The number of nitrogens with one attached hydrogen (secondary N) is 1. The van der Waals surface area contributed by atoms with E-state index < -0.39 is 10.0 Å². The Morgan fingerprint density at radius 2 is 2.07 bits per heavy atom. The van der Waals surface area contributed by atoms with Crippen molar-refractivity contribution in [2.75, 3.05) is 4.72 Å². The molecule has 0 aliphatic heterocycles. The highest BCUT2D eigenvalue weighted by molar-refractivity contribution is 9.10. The second-order valence-corrected chi connectivity index (χ2v) is 6.63. The molecule has 0 spiro atoms. The van der Waals surface area contributed by atoms with E-state index in [9.17, 15) is 8.42 Å². The monoisotopic (exact) mass is 289 g/mol. The van der Waals surface area contributed by atoms with Crippen LogP contribution in [0.1, 0.15) is 18.4 Å². The van der Waals surface area contributed by atoms with Crippen molar-refractivity contribution in [3.05, 3.63) is 28.2 Å². The van der Waals surface area contributed by atoms with Crippen LogP contribution in [0.3, 0.4) is 0 Å². The summed E-state index contributed by atoms with van der Waals surface area (Å²) in [4.78, 5) is 0. The van der Waals surface area contributed by atoms with Gasteiger partial charge in [-0.1, -0.05) is 22.0 Å². The van der Waals surface area contributed by atoms with E-state index in [1.807, 2.05) is 13.0 Å². The smallest absolute Gasteiger partial charge is 0.235 e. The minimum Gasteiger partial charge on any atom is -0.283 e. The summed E-state index contributed by atoms with van der Waals surface area (Å²) in [7, 11) is -3.14. The van der Waals surface area contributed by atoms with E-state index in [1.165, 1.54) is 0 Å². The van der Waals surface area contributed by atoms with E-state index in [4.69, 9.17) is 0 Å². The lowest BCUT2D eigenvalue weighted by atomic mass is 10.2. The molecule has 1 N–H and O–H groups in total. The van der Waals surface area contributed by atoms with Gasteiger partial charge in [-0.15, -0.1) is 0 Å². The van der Waals surface area contributed by atoms with Gasteiger partial charge in [0.15, 0.2) is 0 Å². The Hall–Kier alpha value is -0.550. The third-order valence-electron chi connectivity index (χ3n) is 2.40. The van der Waals surface area contributed by atoms with Gasteiger partial charge in [-0.05, 0) is 37.5 Å². The van der Waals surface area contributed by atoms with Gasteiger partial charge in [0.2, 0.25) is 10.0 Å². The lowest BCUT2D eigenvalue weighted by molar-refractivity contribution is 0.600. The molecule has 1 saturated carbocycles. The van der Waals surface area contributed by atoms with Crippen LogP contribution >= 0.6 is 15.9 Å². The van der Waals surface area contributed by atoms with Gasteiger partial charge in [0.05, 0.1) is 5.25 Å². The van der Waals surface area contributed by atoms with Gasteiger partial charge in [-0.2, -0.15) is 0 Å². The molecule has 1 aliphatic carbocycles. The van der Waals surface area contributed by atoms with E-state index in [1.54, 1.807) is 12.1 Å². The van der Waals surface area contributed by atoms with Crippen molar-refractivity contribution in [1.82, 2.24) is 0 Å². The molecule has 1 aliphatic rings. The molecule has 0 bridgehead atoms. The van der Waals surface area contributed by atoms with Crippen LogP contribution in [-0.2, 0) is 10.0 Å². The molecule has 1 aromatic carbocycles. The largest absolute Gasteiger partial charge is 0.283 e. The van der Waals surface area contributed by atoms with Gasteiger partial charge >= 0.3 is 0 Å². The number of hydrogen-bond acceptors (Lipinski definition) is 2. The molecule has 5 heteroatoms. The maximum Gasteiger partial charge on any atom is 0.235 e. The Morgan fingerprint density at radius 3 is 2.60 bits per heavy atom. The Balaban J connectivity index is 2.21. The van der Waals surface area contributed by atoms with Gasteiger partial charge in [0.1, 0.15) is 0 Å². The second-order valence-electron chi connectivity index (χ2n) is 3.81. The van der Waals surface area contributed by atoms with Crippen LogP contribution in [0.4, 0.5) is 5.69 Å². The van der Waals surface area contributed by atoms with Crippen LogP contribution in [0, 0.1) is 6.92 Å². The molecule has 0 amide bonds. The number of halogens is 1. The zero-order chi connectivity index (χ0) is 11.1. The first kappa shape index (κ1) is 11.0. The summed E-state index contributed by atoms with van der Waals surface area (Å²) in [5.41, 5.74) is 1.71. The Kier molecular flexibility index (Phi) is 2.77. The molecule has 0 atom stereocenters. The molecular weight excluding hydrogens is 278 g/mol. The average Bonchev–Trinajstić information content (AvgIpc) is 2.93. The van der Waals surface area contributed by atoms with Crippen molar-refractivity contribution in [3.63, 3.8) is 0 Å². The lowest BCUT2D eigenvalue weighted by Gasteiger charge is -2.08. The molecule has 0 aromatic heterocycles. The number of aryl methyl sites for hydroxylation is 1. The number of rotatable bonds is 3. The first-order valence-electron chi connectivity index (χ1n) is 4.77. The highest BCUT2D eigenvalue weighted by Crippen LogP contribution is 2.30. The number of hydrogen-bond donors (Lipinski definition) is 1. The van der Waals surface area contributed by atoms with Crippen molar-refractivity contribution < 1.29 is 8.42 Å². The van der Waals surface area contributed by atoms with Crippen molar-refractivity contribution in [3.8, 4) is 0 Å². The molecule has 0 heterocycles. The topological polar surface area (TPSA) is 46.2 Å². The molecule has 3 nitrogen and oxygen atoms in total. The third kappa shape index (κ3) is 2.52. The summed E-state index contributed by atoms with van der Waals surface area (Å²) in [6.45, 7) is 1.96. The van der Waals surface area contributed by atoms with Gasteiger partial charge in [0.25, 0.3) is 0 Å². The highest BCUT2D eigenvalue weighted by Gasteiger charge is 2.35. The fourth-order valence-corrected chi connectivity index (χ4v) is 3.04. The summed E-state index contributed by atoms with van der Waals surface area (Å²) in [5, 5.41) is -0.183. The number of benzene rings is 1. The summed E-state index contributed by atoms with van der Waals surface area (Å²) in [6, 6.07) is 5.45. The maximum atomic E-state index is 11.6.